The molecule has 2 nitrogen and oxygen atoms in total. The van der Waals surface area contributed by atoms with E-state index in [2.05, 4.69) is 18.4 Å². The molecule has 5 heteroatoms. The first-order chi connectivity index (χ1) is 16.4. The Balaban J connectivity index is 1.44. The van der Waals surface area contributed by atoms with E-state index in [9.17, 15) is 18.0 Å². The summed E-state index contributed by atoms with van der Waals surface area (Å²) in [6, 6.07) is 10.9. The van der Waals surface area contributed by atoms with E-state index in [1.165, 1.54) is 30.3 Å². The smallest absolute Gasteiger partial charge is 0.349 e. The zero-order chi connectivity index (χ0) is 24.1. The lowest BCUT2D eigenvalue weighted by atomic mass is 9.80. The average Bonchev–Trinajstić information content (AvgIpc) is 2.82. The van der Waals surface area contributed by atoms with Gasteiger partial charge in [0, 0.05) is 16.9 Å². The van der Waals surface area contributed by atoms with E-state index in [0.717, 1.165) is 50.7 Å². The van der Waals surface area contributed by atoms with Gasteiger partial charge in [0.05, 0.1) is 0 Å². The highest BCUT2D eigenvalue weighted by molar-refractivity contribution is 5.93. The standard InChI is InChI=1S/C29H25F3O2/c1-2-3-5-19-8-10-20(11-9-19)12-13-21-16-26(31)28(27(32)17-21)29(33)34-23-14-15-24-22(18-23)6-4-7-25(24)30/h2,4,6-7,14-20H,1,3,5,8-11H2. The van der Waals surface area contributed by atoms with Crippen molar-refractivity contribution in [2.45, 2.75) is 38.5 Å². The summed E-state index contributed by atoms with van der Waals surface area (Å²) >= 11 is 0. The highest BCUT2D eigenvalue weighted by Crippen LogP contribution is 2.31. The second kappa shape index (κ2) is 10.6. The van der Waals surface area contributed by atoms with Crippen LogP contribution in [-0.2, 0) is 0 Å². The van der Waals surface area contributed by atoms with E-state index in [1.807, 2.05) is 6.08 Å². The number of carbonyl (C=O) groups excluding carboxylic acids is 1. The van der Waals surface area contributed by atoms with Gasteiger partial charge in [0.1, 0.15) is 28.8 Å². The van der Waals surface area contributed by atoms with Crippen molar-refractivity contribution in [2.24, 2.45) is 11.8 Å². The van der Waals surface area contributed by atoms with Gasteiger partial charge in [-0.25, -0.2) is 18.0 Å². The number of ether oxygens (including phenoxy) is 1. The molecular weight excluding hydrogens is 437 g/mol. The lowest BCUT2D eigenvalue weighted by Gasteiger charge is -2.25. The van der Waals surface area contributed by atoms with E-state index >= 15 is 0 Å². The fraction of sp³-hybridized carbons (Fsp3) is 0.276. The Bertz CT molecular complexity index is 1250. The predicted molar refractivity (Wildman–Crippen MR) is 127 cm³/mol. The van der Waals surface area contributed by atoms with Crippen LogP contribution in [0.5, 0.6) is 5.75 Å². The maximum atomic E-state index is 14.6. The Labute approximate surface area is 197 Å². The zero-order valence-corrected chi connectivity index (χ0v) is 18.8. The van der Waals surface area contributed by atoms with Crippen LogP contribution in [-0.4, -0.2) is 5.97 Å². The first kappa shape index (κ1) is 23.6. The zero-order valence-electron chi connectivity index (χ0n) is 18.8. The molecule has 1 fully saturated rings. The molecule has 34 heavy (non-hydrogen) atoms. The molecule has 3 aromatic carbocycles. The number of benzene rings is 3. The minimum atomic E-state index is -1.16. The Kier molecular flexibility index (Phi) is 7.37. The summed E-state index contributed by atoms with van der Waals surface area (Å²) in [5.74, 6) is 3.31. The van der Waals surface area contributed by atoms with E-state index in [-0.39, 0.29) is 17.2 Å². The summed E-state index contributed by atoms with van der Waals surface area (Å²) < 4.78 is 48.2. The van der Waals surface area contributed by atoms with Gasteiger partial charge in [-0.05, 0) is 86.2 Å². The molecule has 0 aromatic heterocycles. The SMILES string of the molecule is C=CCCC1CCC(C#Cc2cc(F)c(C(=O)Oc3ccc4c(F)cccc4c3)c(F)c2)CC1. The summed E-state index contributed by atoms with van der Waals surface area (Å²) in [5, 5.41) is 0.861. The third-order valence-electron chi connectivity index (χ3n) is 6.30. The second-order valence-electron chi connectivity index (χ2n) is 8.68. The van der Waals surface area contributed by atoms with Gasteiger partial charge in [-0.3, -0.25) is 0 Å². The van der Waals surface area contributed by atoms with Crippen LogP contribution in [0.25, 0.3) is 10.8 Å². The van der Waals surface area contributed by atoms with E-state index in [4.69, 9.17) is 4.74 Å². The summed E-state index contributed by atoms with van der Waals surface area (Å²) in [6.45, 7) is 3.76. The van der Waals surface area contributed by atoms with Crippen molar-refractivity contribution in [3.63, 3.8) is 0 Å². The van der Waals surface area contributed by atoms with Crippen LogP contribution in [0, 0.1) is 41.1 Å². The Morgan fingerprint density at radius 1 is 1.00 bits per heavy atom. The summed E-state index contributed by atoms with van der Waals surface area (Å²) in [6.07, 6.45) is 8.25. The minimum Gasteiger partial charge on any atom is -0.423 e. The molecule has 0 aliphatic heterocycles. The van der Waals surface area contributed by atoms with Crippen molar-refractivity contribution in [1.29, 1.82) is 0 Å². The monoisotopic (exact) mass is 462 g/mol. The molecule has 0 radical (unpaired) electrons. The van der Waals surface area contributed by atoms with Crippen LogP contribution in [0.4, 0.5) is 13.2 Å². The Morgan fingerprint density at radius 2 is 1.74 bits per heavy atom. The number of fused-ring (bicyclic) bond motifs is 1. The van der Waals surface area contributed by atoms with Gasteiger partial charge in [0.25, 0.3) is 0 Å². The molecule has 0 amide bonds. The number of rotatable bonds is 5. The van der Waals surface area contributed by atoms with Gasteiger partial charge in [0.15, 0.2) is 0 Å². The molecule has 174 valence electrons. The molecule has 4 rings (SSSR count). The molecule has 0 atom stereocenters. The Morgan fingerprint density at radius 3 is 2.44 bits per heavy atom. The van der Waals surface area contributed by atoms with Crippen molar-refractivity contribution < 1.29 is 22.7 Å². The molecule has 0 N–H and O–H groups in total. The fourth-order valence-corrected chi connectivity index (χ4v) is 4.42. The fourth-order valence-electron chi connectivity index (χ4n) is 4.42. The summed E-state index contributed by atoms with van der Waals surface area (Å²) in [4.78, 5) is 12.5. The van der Waals surface area contributed by atoms with Gasteiger partial charge < -0.3 is 4.74 Å². The number of carbonyl (C=O) groups is 1. The second-order valence-corrected chi connectivity index (χ2v) is 8.68. The van der Waals surface area contributed by atoms with Gasteiger partial charge in [-0.1, -0.05) is 30.0 Å². The normalized spacial score (nSPS) is 17.6. The van der Waals surface area contributed by atoms with Crippen LogP contribution in [0.15, 0.2) is 61.2 Å². The lowest BCUT2D eigenvalue weighted by Crippen LogP contribution is -2.14. The van der Waals surface area contributed by atoms with Crippen molar-refractivity contribution in [1.82, 2.24) is 0 Å². The third-order valence-corrected chi connectivity index (χ3v) is 6.30. The van der Waals surface area contributed by atoms with Crippen LogP contribution >= 0.6 is 0 Å². The molecule has 1 saturated carbocycles. The maximum absolute atomic E-state index is 14.6. The van der Waals surface area contributed by atoms with Crippen molar-refractivity contribution >= 4 is 16.7 Å². The molecule has 0 saturated heterocycles. The molecule has 0 unspecified atom stereocenters. The first-order valence-corrected chi connectivity index (χ1v) is 11.5. The van der Waals surface area contributed by atoms with Gasteiger partial charge in [0.2, 0.25) is 0 Å². The van der Waals surface area contributed by atoms with Gasteiger partial charge in [-0.15, -0.1) is 6.58 Å². The topological polar surface area (TPSA) is 26.3 Å². The molecule has 3 aromatic rings. The quantitative estimate of drug-likeness (QED) is 0.169. The molecule has 1 aliphatic carbocycles. The van der Waals surface area contributed by atoms with Crippen LogP contribution in [0.1, 0.15) is 54.4 Å². The van der Waals surface area contributed by atoms with Crippen molar-refractivity contribution in [2.75, 3.05) is 0 Å². The Hall–Kier alpha value is -3.52. The number of hydrogen-bond donors (Lipinski definition) is 0. The first-order valence-electron chi connectivity index (χ1n) is 11.5. The summed E-state index contributed by atoms with van der Waals surface area (Å²) in [5.41, 5.74) is -0.603. The number of allylic oxidation sites excluding steroid dienone is 1. The van der Waals surface area contributed by atoms with Crippen LogP contribution in [0.3, 0.4) is 0 Å². The number of hydrogen-bond acceptors (Lipinski definition) is 2. The largest absolute Gasteiger partial charge is 0.423 e. The highest BCUT2D eigenvalue weighted by Gasteiger charge is 2.22. The van der Waals surface area contributed by atoms with Gasteiger partial charge in [-0.2, -0.15) is 0 Å². The van der Waals surface area contributed by atoms with E-state index in [1.54, 1.807) is 6.07 Å². The predicted octanol–water partition coefficient (Wildman–Crippen LogP) is 7.60. The van der Waals surface area contributed by atoms with Gasteiger partial charge >= 0.3 is 5.97 Å². The lowest BCUT2D eigenvalue weighted by molar-refractivity contribution is 0.0725. The minimum absolute atomic E-state index is 0.0643. The van der Waals surface area contributed by atoms with E-state index < -0.39 is 29.0 Å². The van der Waals surface area contributed by atoms with E-state index in [0.29, 0.717) is 16.7 Å². The van der Waals surface area contributed by atoms with Crippen molar-refractivity contribution in [3.05, 3.63) is 89.8 Å². The molecule has 0 heterocycles. The average molecular weight is 463 g/mol. The van der Waals surface area contributed by atoms with Crippen LogP contribution in [0.2, 0.25) is 0 Å². The third kappa shape index (κ3) is 5.51. The molecular formula is C29H25F3O2. The summed E-state index contributed by atoms with van der Waals surface area (Å²) in [7, 11) is 0. The molecule has 0 spiro atoms. The molecule has 1 aliphatic rings. The molecule has 0 bridgehead atoms. The van der Waals surface area contributed by atoms with Crippen LogP contribution < -0.4 is 4.74 Å². The van der Waals surface area contributed by atoms with Crippen molar-refractivity contribution in [3.8, 4) is 17.6 Å². The maximum Gasteiger partial charge on any atom is 0.349 e. The highest BCUT2D eigenvalue weighted by atomic mass is 19.1. The number of esters is 1. The number of halogens is 3.